The topological polar surface area (TPSA) is 192 Å². The molecule has 0 aliphatic carbocycles. The maximum Gasteiger partial charge on any atom is 2.00 e. The van der Waals surface area contributed by atoms with E-state index in [-0.39, 0.29) is 31.0 Å². The van der Waals surface area contributed by atoms with Crippen LogP contribution in [0, 0.1) is 0 Å². The van der Waals surface area contributed by atoms with Crippen molar-refractivity contribution in [3.63, 3.8) is 0 Å². The summed E-state index contributed by atoms with van der Waals surface area (Å²) in [6.07, 6.45) is 12.1. The standard InChI is InChI=1S/3C22H16N2.2C6H16O3SSi.Ru/c3*1-3-7-17(8-4-1)19-11-13-23-21(15-19)22-16-20(12-14-24-22)18-9-5-2-6-10-18;2*1-11(2,3)6-4-5-10(7,8)9;/h3*1-16H;2*4-6H2,1-3H3,(H,7,8,9);/q;;;;;+2/p-2. The maximum absolute atomic E-state index is 10.2. The van der Waals surface area contributed by atoms with Gasteiger partial charge in [0.2, 0.25) is 0 Å². The molecule has 0 radical (unpaired) electrons. The molecule has 17 heteroatoms. The summed E-state index contributed by atoms with van der Waals surface area (Å²) in [6, 6.07) is 88.5. The average Bonchev–Trinajstić information content (AvgIpc) is 0.894. The predicted molar refractivity (Wildman–Crippen MR) is 390 cm³/mol. The van der Waals surface area contributed by atoms with Gasteiger partial charge in [0.05, 0.1) is 54.4 Å². The van der Waals surface area contributed by atoms with Crippen molar-refractivity contribution in [1.82, 2.24) is 29.9 Å². The van der Waals surface area contributed by atoms with E-state index < -0.39 is 36.4 Å². The quantitative estimate of drug-likeness (QED) is 0.0620. The van der Waals surface area contributed by atoms with Gasteiger partial charge in [-0.3, -0.25) is 29.9 Å². The predicted octanol–water partition coefficient (Wildman–Crippen LogP) is 19.0. The molecule has 0 spiro atoms. The molecule has 6 aromatic heterocycles. The fraction of sp³-hybridized carbons (Fsp3) is 0.154. The second-order valence-electron chi connectivity index (χ2n) is 24.6. The number of benzene rings is 6. The first-order valence-electron chi connectivity index (χ1n) is 31.1. The average molecular weight is 1420 g/mol. The molecule has 0 aliphatic rings. The van der Waals surface area contributed by atoms with Gasteiger partial charge in [0.15, 0.2) is 0 Å². The van der Waals surface area contributed by atoms with Crippen LogP contribution in [0.3, 0.4) is 0 Å². The van der Waals surface area contributed by atoms with E-state index >= 15 is 0 Å². The van der Waals surface area contributed by atoms with E-state index in [1.54, 1.807) is 0 Å². The fourth-order valence-corrected chi connectivity index (χ4v) is 13.8. The molecule has 0 fully saturated rings. The third-order valence-corrected chi connectivity index (χ3v) is 19.9. The first-order valence-corrected chi connectivity index (χ1v) is 41.7. The van der Waals surface area contributed by atoms with Gasteiger partial charge in [-0.15, -0.1) is 0 Å². The van der Waals surface area contributed by atoms with Gasteiger partial charge < -0.3 is 9.11 Å². The summed E-state index contributed by atoms with van der Waals surface area (Å²) in [5, 5.41) is 0. The van der Waals surface area contributed by atoms with Crippen LogP contribution in [0.25, 0.3) is 101 Å². The summed E-state index contributed by atoms with van der Waals surface area (Å²) < 4.78 is 61.1. The van der Waals surface area contributed by atoms with Crippen LogP contribution in [0.5, 0.6) is 0 Å². The zero-order valence-corrected chi connectivity index (χ0v) is 59.6. The van der Waals surface area contributed by atoms with Crippen LogP contribution in [0.1, 0.15) is 12.8 Å². The van der Waals surface area contributed by atoms with E-state index in [1.165, 1.54) is 33.4 Å². The van der Waals surface area contributed by atoms with Gasteiger partial charge in [-0.05, 0) is 152 Å². The van der Waals surface area contributed by atoms with Crippen LogP contribution >= 0.6 is 0 Å². The van der Waals surface area contributed by atoms with Crippen LogP contribution < -0.4 is 0 Å². The van der Waals surface area contributed by atoms with Gasteiger partial charge in [0.1, 0.15) is 0 Å². The second-order valence-corrected chi connectivity index (χ2v) is 38.9. The Morgan fingerprint density at radius 2 is 0.421 bits per heavy atom. The number of nitrogens with zero attached hydrogens (tertiary/aromatic N) is 6. The van der Waals surface area contributed by atoms with Gasteiger partial charge in [-0.2, -0.15) is 0 Å². The fourth-order valence-electron chi connectivity index (χ4n) is 9.84. The molecule has 0 amide bonds. The van der Waals surface area contributed by atoms with Crippen molar-refractivity contribution >= 4 is 36.4 Å². The Labute approximate surface area is 576 Å². The van der Waals surface area contributed by atoms with Crippen LogP contribution in [-0.4, -0.2) is 83.5 Å². The molecule has 0 bridgehead atoms. The minimum absolute atomic E-state index is 0. The molecule has 0 aliphatic heterocycles. The van der Waals surface area contributed by atoms with Crippen LogP contribution in [0.15, 0.2) is 292 Å². The molecule has 12 nitrogen and oxygen atoms in total. The van der Waals surface area contributed by atoms with Crippen molar-refractivity contribution in [3.05, 3.63) is 292 Å². The Hall–Kier alpha value is -8.90. The second kappa shape index (κ2) is 36.1. The minimum atomic E-state index is -3.97. The van der Waals surface area contributed by atoms with Crippen LogP contribution in [0.4, 0.5) is 0 Å². The summed E-state index contributed by atoms with van der Waals surface area (Å²) in [7, 11) is -10.3. The van der Waals surface area contributed by atoms with Gasteiger partial charge >= 0.3 is 19.5 Å². The summed E-state index contributed by atoms with van der Waals surface area (Å²) >= 11 is 0. The van der Waals surface area contributed by atoms with Crippen molar-refractivity contribution in [3.8, 4) is 101 Å². The number of hydrogen-bond acceptors (Lipinski definition) is 12. The van der Waals surface area contributed by atoms with Gasteiger partial charge in [-0.1, -0.05) is 233 Å². The summed E-state index contributed by atoms with van der Waals surface area (Å²) in [5.74, 6) is -0.394. The Balaban J connectivity index is 0.000000174. The number of aromatic nitrogens is 6. The van der Waals surface area contributed by atoms with Crippen molar-refractivity contribution in [2.75, 3.05) is 11.5 Å². The zero-order valence-electron chi connectivity index (χ0n) is 54.3. The first kappa shape index (κ1) is 73.5. The Bertz CT molecular complexity index is 3850. The minimum Gasteiger partial charge on any atom is -0.748 e. The Morgan fingerprint density at radius 1 is 0.263 bits per heavy atom. The molecule has 0 N–H and O–H groups in total. The zero-order chi connectivity index (χ0) is 66.8. The van der Waals surface area contributed by atoms with Gasteiger partial charge in [-0.25, -0.2) is 16.8 Å². The third-order valence-electron chi connectivity index (χ3n) is 14.6. The molecule has 0 atom stereocenters. The molecule has 0 saturated heterocycles. The molecule has 0 saturated carbocycles. The largest absolute Gasteiger partial charge is 2.00 e. The Morgan fingerprint density at radius 3 is 0.558 bits per heavy atom. The normalized spacial score (nSPS) is 11.1. The van der Waals surface area contributed by atoms with E-state index in [0.29, 0.717) is 12.8 Å². The SMILES string of the molecule is C[Si](C)(C)CCCS(=O)(=O)[O-].C[Si](C)(C)CCCS(=O)(=O)[O-].[Ru+2].c1ccc(-c2ccnc(-c3cc(-c4ccccc4)ccn3)c2)cc1.c1ccc(-c2ccnc(-c3cc(-c4ccccc4)ccn3)c2)cc1.c1ccc(-c2ccnc(-c3cc(-c4ccccc4)ccn3)c2)cc1. The monoisotopic (exact) mass is 1420 g/mol. The van der Waals surface area contributed by atoms with Gasteiger partial charge in [0, 0.05) is 64.8 Å². The molecule has 484 valence electrons. The molecular weight excluding hydrogens is 1340 g/mol. The summed E-state index contributed by atoms with van der Waals surface area (Å²) in [4.78, 5) is 27.0. The van der Waals surface area contributed by atoms with E-state index in [9.17, 15) is 25.9 Å². The number of pyridine rings is 6. The van der Waals surface area contributed by atoms with E-state index in [0.717, 1.165) is 79.6 Å². The molecule has 95 heavy (non-hydrogen) atoms. The van der Waals surface area contributed by atoms with Crippen LogP contribution in [0.2, 0.25) is 51.4 Å². The van der Waals surface area contributed by atoms with Crippen molar-refractivity contribution < 1.29 is 45.4 Å². The Kier molecular flexibility index (Phi) is 27.9. The third kappa shape index (κ3) is 25.7. The van der Waals surface area contributed by atoms with E-state index in [4.69, 9.17) is 0 Å². The molecule has 0 unspecified atom stereocenters. The van der Waals surface area contributed by atoms with E-state index in [2.05, 4.69) is 178 Å². The van der Waals surface area contributed by atoms with Gasteiger partial charge in [0.25, 0.3) is 0 Å². The number of hydrogen-bond donors (Lipinski definition) is 0. The molecular formula is C78H78N6O6RuS2Si2. The molecule has 12 rings (SSSR count). The van der Waals surface area contributed by atoms with E-state index in [1.807, 2.05) is 183 Å². The summed E-state index contributed by atoms with van der Waals surface area (Å²) in [5.41, 5.74) is 19.3. The molecule has 6 aromatic carbocycles. The maximum atomic E-state index is 10.2. The smallest absolute Gasteiger partial charge is 0.748 e. The first-order chi connectivity index (χ1) is 45.1. The molecule has 6 heterocycles. The summed E-state index contributed by atoms with van der Waals surface area (Å²) in [6.45, 7) is 12.9. The van der Waals surface area contributed by atoms with Crippen molar-refractivity contribution in [1.29, 1.82) is 0 Å². The molecule has 12 aromatic rings. The van der Waals surface area contributed by atoms with Crippen LogP contribution in [-0.2, 0) is 39.7 Å². The van der Waals surface area contributed by atoms with Crippen molar-refractivity contribution in [2.45, 2.75) is 64.2 Å². The van der Waals surface area contributed by atoms with Crippen molar-refractivity contribution in [2.24, 2.45) is 0 Å². The number of rotatable bonds is 17.